The first-order valence-electron chi connectivity index (χ1n) is 5.39. The molecule has 2 rings (SSSR count). The van der Waals surface area contributed by atoms with Crippen LogP contribution in [-0.4, -0.2) is 10.8 Å². The highest BCUT2D eigenvalue weighted by Crippen LogP contribution is 2.31. The van der Waals surface area contributed by atoms with E-state index >= 15 is 0 Å². The van der Waals surface area contributed by atoms with Crippen LogP contribution in [0.15, 0.2) is 32.7 Å². The summed E-state index contributed by atoms with van der Waals surface area (Å²) in [6, 6.07) is 5.30. The van der Waals surface area contributed by atoms with Crippen molar-refractivity contribution in [1.29, 1.82) is 0 Å². The van der Waals surface area contributed by atoms with Crippen molar-refractivity contribution < 1.29 is 9.21 Å². The van der Waals surface area contributed by atoms with Crippen LogP contribution in [0, 0.1) is 13.8 Å². The molecule has 2 aromatic rings. The van der Waals surface area contributed by atoms with Crippen molar-refractivity contribution in [2.24, 2.45) is 0 Å². The fraction of sp³-hybridized carbons (Fsp3) is 0.231. The van der Waals surface area contributed by atoms with Crippen LogP contribution < -0.4 is 0 Å². The second-order valence-corrected chi connectivity index (χ2v) is 5.35. The second-order valence-electron chi connectivity index (χ2n) is 3.92. The van der Waals surface area contributed by atoms with Gasteiger partial charge in [0.2, 0.25) is 0 Å². The van der Waals surface area contributed by atoms with Crippen LogP contribution in [0.25, 0.3) is 0 Å². The Bertz CT molecular complexity index is 588. The summed E-state index contributed by atoms with van der Waals surface area (Å²) < 4.78 is 5.48. The number of ketones is 1. The van der Waals surface area contributed by atoms with Gasteiger partial charge in [-0.25, -0.2) is 4.98 Å². The number of hydrogen-bond donors (Lipinski definition) is 0. The third kappa shape index (κ3) is 2.76. The molecule has 0 aliphatic heterocycles. The van der Waals surface area contributed by atoms with Crippen LogP contribution in [-0.2, 0) is 0 Å². The van der Waals surface area contributed by atoms with Gasteiger partial charge in [-0.15, -0.1) is 0 Å². The zero-order valence-electron chi connectivity index (χ0n) is 10.3. The molecule has 0 unspecified atom stereocenters. The van der Waals surface area contributed by atoms with E-state index in [2.05, 4.69) is 4.98 Å². The molecule has 0 bridgehead atoms. The summed E-state index contributed by atoms with van der Waals surface area (Å²) in [6.07, 6.45) is 0. The lowest BCUT2D eigenvalue weighted by Crippen LogP contribution is -1.92. The van der Waals surface area contributed by atoms with E-state index in [-0.39, 0.29) is 5.78 Å². The highest BCUT2D eigenvalue weighted by Gasteiger charge is 2.10. The van der Waals surface area contributed by atoms with Crippen LogP contribution in [0.5, 0.6) is 0 Å². The average molecular weight is 282 g/mol. The third-order valence-electron chi connectivity index (χ3n) is 2.53. The molecular weight excluding hydrogens is 270 g/mol. The maximum Gasteiger partial charge on any atom is 0.260 e. The minimum Gasteiger partial charge on any atom is -0.436 e. The fourth-order valence-electron chi connectivity index (χ4n) is 1.43. The normalized spacial score (nSPS) is 10.7. The molecule has 18 heavy (non-hydrogen) atoms. The summed E-state index contributed by atoms with van der Waals surface area (Å²) in [5.41, 5.74) is 1.41. The lowest BCUT2D eigenvalue weighted by molar-refractivity contribution is 0.101. The SMILES string of the molecule is CC(=O)c1ccc(Sc2nc(C)c(C)o2)cc1Cl. The first kappa shape index (κ1) is 13.2. The van der Waals surface area contributed by atoms with E-state index in [9.17, 15) is 4.79 Å². The Hall–Kier alpha value is -1.26. The van der Waals surface area contributed by atoms with Gasteiger partial charge >= 0.3 is 0 Å². The number of aryl methyl sites for hydroxylation is 2. The maximum absolute atomic E-state index is 11.3. The minimum atomic E-state index is -0.0423. The quantitative estimate of drug-likeness (QED) is 0.787. The number of aromatic nitrogens is 1. The molecule has 0 fully saturated rings. The van der Waals surface area contributed by atoms with E-state index in [0.29, 0.717) is 15.8 Å². The highest BCUT2D eigenvalue weighted by atomic mass is 35.5. The molecule has 0 aliphatic rings. The molecule has 1 aromatic heterocycles. The summed E-state index contributed by atoms with van der Waals surface area (Å²) in [5.74, 6) is 0.767. The number of hydrogen-bond acceptors (Lipinski definition) is 4. The van der Waals surface area contributed by atoms with Crippen LogP contribution in [0.2, 0.25) is 5.02 Å². The van der Waals surface area contributed by atoms with E-state index in [1.54, 1.807) is 12.1 Å². The van der Waals surface area contributed by atoms with Crippen molar-refractivity contribution in [3.63, 3.8) is 0 Å². The first-order valence-corrected chi connectivity index (χ1v) is 6.59. The van der Waals surface area contributed by atoms with E-state index < -0.39 is 0 Å². The molecule has 94 valence electrons. The molecule has 0 spiro atoms. The molecule has 0 saturated carbocycles. The van der Waals surface area contributed by atoms with Crippen molar-refractivity contribution in [2.45, 2.75) is 30.9 Å². The Balaban J connectivity index is 2.25. The number of rotatable bonds is 3. The summed E-state index contributed by atoms with van der Waals surface area (Å²) in [6.45, 7) is 5.27. The lowest BCUT2D eigenvalue weighted by Gasteiger charge is -2.02. The number of Topliss-reactive ketones (excluding diaryl/α,β-unsaturated/α-hetero) is 1. The molecule has 0 radical (unpaired) electrons. The second kappa shape index (κ2) is 5.16. The molecular formula is C13H12ClNO2S. The maximum atomic E-state index is 11.3. The van der Waals surface area contributed by atoms with E-state index in [1.807, 2.05) is 19.9 Å². The van der Waals surface area contributed by atoms with E-state index in [0.717, 1.165) is 16.3 Å². The van der Waals surface area contributed by atoms with Gasteiger partial charge in [-0.05, 0) is 50.7 Å². The first-order chi connectivity index (χ1) is 8.47. The van der Waals surface area contributed by atoms with Crippen molar-refractivity contribution in [1.82, 2.24) is 4.98 Å². The Kier molecular flexibility index (Phi) is 3.78. The molecule has 5 heteroatoms. The van der Waals surface area contributed by atoms with Gasteiger partial charge < -0.3 is 4.42 Å². The molecule has 1 heterocycles. The van der Waals surface area contributed by atoms with Gasteiger partial charge in [-0.2, -0.15) is 0 Å². The number of carbonyl (C=O) groups excluding carboxylic acids is 1. The van der Waals surface area contributed by atoms with Gasteiger partial charge in [-0.3, -0.25) is 4.79 Å². The van der Waals surface area contributed by atoms with Crippen LogP contribution >= 0.6 is 23.4 Å². The lowest BCUT2D eigenvalue weighted by atomic mass is 10.1. The molecule has 0 atom stereocenters. The Morgan fingerprint density at radius 1 is 1.39 bits per heavy atom. The number of oxazole rings is 1. The van der Waals surface area contributed by atoms with Crippen molar-refractivity contribution >= 4 is 29.1 Å². The van der Waals surface area contributed by atoms with Gasteiger partial charge in [0.25, 0.3) is 5.22 Å². The topological polar surface area (TPSA) is 43.1 Å². The fourth-order valence-corrected chi connectivity index (χ4v) is 2.67. The highest BCUT2D eigenvalue weighted by molar-refractivity contribution is 7.99. The van der Waals surface area contributed by atoms with E-state index in [1.165, 1.54) is 18.7 Å². The number of halogens is 1. The predicted octanol–water partition coefficient (Wildman–Crippen LogP) is 4.30. The van der Waals surface area contributed by atoms with Crippen LogP contribution in [0.1, 0.15) is 28.7 Å². The Morgan fingerprint density at radius 3 is 2.61 bits per heavy atom. The minimum absolute atomic E-state index is 0.0423. The molecule has 0 saturated heterocycles. The van der Waals surface area contributed by atoms with Crippen molar-refractivity contribution in [3.8, 4) is 0 Å². The standard InChI is InChI=1S/C13H12ClNO2S/c1-7-9(3)17-13(15-7)18-10-4-5-11(8(2)16)12(14)6-10/h4-6H,1-3H3. The molecule has 3 nitrogen and oxygen atoms in total. The summed E-state index contributed by atoms with van der Waals surface area (Å²) in [4.78, 5) is 16.4. The largest absolute Gasteiger partial charge is 0.436 e. The van der Waals surface area contributed by atoms with Gasteiger partial charge in [-0.1, -0.05) is 11.6 Å². The predicted molar refractivity (Wildman–Crippen MR) is 71.6 cm³/mol. The van der Waals surface area contributed by atoms with Gasteiger partial charge in [0.1, 0.15) is 5.76 Å². The zero-order chi connectivity index (χ0) is 13.3. The molecule has 1 aromatic carbocycles. The zero-order valence-corrected chi connectivity index (χ0v) is 11.9. The van der Waals surface area contributed by atoms with Gasteiger partial charge in [0, 0.05) is 10.5 Å². The third-order valence-corrected chi connectivity index (χ3v) is 3.69. The number of nitrogens with zero attached hydrogens (tertiary/aromatic N) is 1. The van der Waals surface area contributed by atoms with Gasteiger partial charge in [0.15, 0.2) is 5.78 Å². The summed E-state index contributed by atoms with van der Waals surface area (Å²) >= 11 is 7.43. The molecule has 0 aliphatic carbocycles. The van der Waals surface area contributed by atoms with Crippen LogP contribution in [0.4, 0.5) is 0 Å². The number of carbonyl (C=O) groups is 1. The van der Waals surface area contributed by atoms with Crippen molar-refractivity contribution in [3.05, 3.63) is 40.2 Å². The average Bonchev–Trinajstić information content (AvgIpc) is 2.57. The molecule has 0 N–H and O–H groups in total. The Morgan fingerprint density at radius 2 is 2.11 bits per heavy atom. The van der Waals surface area contributed by atoms with Gasteiger partial charge in [0.05, 0.1) is 10.7 Å². The number of benzene rings is 1. The monoisotopic (exact) mass is 281 g/mol. The van der Waals surface area contributed by atoms with Crippen molar-refractivity contribution in [2.75, 3.05) is 0 Å². The van der Waals surface area contributed by atoms with E-state index in [4.69, 9.17) is 16.0 Å². The summed E-state index contributed by atoms with van der Waals surface area (Å²) in [7, 11) is 0. The van der Waals surface area contributed by atoms with Crippen LogP contribution in [0.3, 0.4) is 0 Å². The smallest absolute Gasteiger partial charge is 0.260 e. The Labute approximate surface area is 115 Å². The summed E-state index contributed by atoms with van der Waals surface area (Å²) in [5, 5.41) is 1.03. The molecule has 0 amide bonds.